The molecule has 0 aromatic carbocycles. The van der Waals surface area contributed by atoms with E-state index in [1.807, 2.05) is 6.08 Å². The van der Waals surface area contributed by atoms with Crippen LogP contribution in [0.5, 0.6) is 0 Å². The lowest BCUT2D eigenvalue weighted by atomic mass is 10.1. The third-order valence-electron chi connectivity index (χ3n) is 4.11. The van der Waals surface area contributed by atoms with Crippen molar-refractivity contribution in [2.24, 2.45) is 0 Å². The topological polar surface area (TPSA) is 94.9 Å². The Labute approximate surface area is 153 Å². The summed E-state index contributed by atoms with van der Waals surface area (Å²) in [5, 5.41) is 18.6. The van der Waals surface area contributed by atoms with Gasteiger partial charge in [0.05, 0.1) is 17.2 Å². The van der Waals surface area contributed by atoms with E-state index in [1.165, 1.54) is 0 Å². The second kappa shape index (κ2) is 12.1. The smallest absolute Gasteiger partial charge is 0.310 e. The van der Waals surface area contributed by atoms with Crippen molar-refractivity contribution in [3.05, 3.63) is 12.2 Å². The zero-order valence-corrected chi connectivity index (χ0v) is 15.7. The van der Waals surface area contributed by atoms with Gasteiger partial charge >= 0.3 is 5.97 Å². The highest BCUT2D eigenvalue weighted by Crippen LogP contribution is 2.28. The first-order valence-corrected chi connectivity index (χ1v) is 9.96. The molecule has 1 rings (SSSR count). The largest absolute Gasteiger partial charge is 0.481 e. The number of ketones is 1. The minimum Gasteiger partial charge on any atom is -0.481 e. The summed E-state index contributed by atoms with van der Waals surface area (Å²) in [6.07, 6.45) is 8.03. The molecule has 7 heteroatoms. The molecule has 25 heavy (non-hydrogen) atoms. The predicted octanol–water partition coefficient (Wildman–Crippen LogP) is 2.60. The van der Waals surface area contributed by atoms with Crippen LogP contribution in [0, 0.1) is 0 Å². The van der Waals surface area contributed by atoms with Gasteiger partial charge in [-0.25, -0.2) is 0 Å². The first-order valence-electron chi connectivity index (χ1n) is 8.91. The van der Waals surface area contributed by atoms with Crippen molar-refractivity contribution in [3.63, 3.8) is 0 Å². The number of unbranched alkanes of at least 4 members (excludes halogenated alkanes) is 2. The second-order valence-corrected chi connectivity index (χ2v) is 7.48. The zero-order chi connectivity index (χ0) is 18.7. The van der Waals surface area contributed by atoms with Crippen molar-refractivity contribution in [1.82, 2.24) is 4.90 Å². The van der Waals surface area contributed by atoms with Crippen LogP contribution < -0.4 is 0 Å². The van der Waals surface area contributed by atoms with E-state index in [9.17, 15) is 19.5 Å². The molecule has 1 amide bonds. The van der Waals surface area contributed by atoms with Crippen LogP contribution >= 0.6 is 11.8 Å². The number of carbonyl (C=O) groups is 3. The zero-order valence-electron chi connectivity index (χ0n) is 14.9. The summed E-state index contributed by atoms with van der Waals surface area (Å²) in [5.41, 5.74) is 0. The fourth-order valence-corrected chi connectivity index (χ4v) is 3.85. The second-order valence-electron chi connectivity index (χ2n) is 6.31. The van der Waals surface area contributed by atoms with Crippen molar-refractivity contribution in [2.45, 2.75) is 69.8 Å². The molecule has 6 nitrogen and oxygen atoms in total. The van der Waals surface area contributed by atoms with Gasteiger partial charge in [-0.05, 0) is 19.3 Å². The fraction of sp³-hybridized carbons (Fsp3) is 0.722. The van der Waals surface area contributed by atoms with Gasteiger partial charge in [-0.15, -0.1) is 11.8 Å². The SMILES string of the molecule is CCCCCC(O)CCN1C(=O)CSC1C/C=C\CC(=O)CC(=O)O. The molecule has 1 heterocycles. The van der Waals surface area contributed by atoms with E-state index in [4.69, 9.17) is 5.11 Å². The van der Waals surface area contributed by atoms with Crippen LogP contribution in [0.4, 0.5) is 0 Å². The van der Waals surface area contributed by atoms with Crippen molar-refractivity contribution in [1.29, 1.82) is 0 Å². The summed E-state index contributed by atoms with van der Waals surface area (Å²) in [4.78, 5) is 35.6. The number of carboxylic acids is 1. The van der Waals surface area contributed by atoms with Gasteiger partial charge in [-0.3, -0.25) is 14.4 Å². The lowest BCUT2D eigenvalue weighted by Crippen LogP contribution is -2.35. The van der Waals surface area contributed by atoms with E-state index in [1.54, 1.807) is 22.7 Å². The molecule has 1 aliphatic heterocycles. The molecule has 0 spiro atoms. The quantitative estimate of drug-likeness (QED) is 0.294. The maximum Gasteiger partial charge on any atom is 0.310 e. The molecule has 142 valence electrons. The summed E-state index contributed by atoms with van der Waals surface area (Å²) in [7, 11) is 0. The Morgan fingerprint density at radius 3 is 2.76 bits per heavy atom. The van der Waals surface area contributed by atoms with Gasteiger partial charge in [-0.2, -0.15) is 0 Å². The Kier molecular flexibility index (Phi) is 10.5. The van der Waals surface area contributed by atoms with Crippen molar-refractivity contribution in [2.75, 3.05) is 12.3 Å². The van der Waals surface area contributed by atoms with E-state index in [0.29, 0.717) is 25.1 Å². The van der Waals surface area contributed by atoms with Gasteiger partial charge < -0.3 is 15.1 Å². The molecule has 0 aliphatic carbocycles. The fourth-order valence-electron chi connectivity index (χ4n) is 2.70. The van der Waals surface area contributed by atoms with Crippen LogP contribution in [0.15, 0.2) is 12.2 Å². The molecule has 0 aromatic heterocycles. The number of hydrogen-bond donors (Lipinski definition) is 2. The molecule has 1 saturated heterocycles. The minimum absolute atomic E-state index is 0.0289. The highest BCUT2D eigenvalue weighted by molar-refractivity contribution is 8.01. The molecule has 0 radical (unpaired) electrons. The number of Topliss-reactive ketones (excluding diaryl/α,β-unsaturated/α-hetero) is 1. The van der Waals surface area contributed by atoms with Crippen molar-refractivity contribution < 1.29 is 24.6 Å². The number of aliphatic hydroxyl groups is 1. The number of aliphatic carboxylic acids is 1. The summed E-state index contributed by atoms with van der Waals surface area (Å²) in [5.74, 6) is -0.904. The van der Waals surface area contributed by atoms with E-state index in [0.717, 1.165) is 25.7 Å². The summed E-state index contributed by atoms with van der Waals surface area (Å²) in [6, 6.07) is 0. The molecule has 1 aliphatic rings. The van der Waals surface area contributed by atoms with E-state index < -0.39 is 12.4 Å². The molecular formula is C18H29NO5S. The first kappa shape index (κ1) is 21.7. The molecule has 0 aromatic rings. The predicted molar refractivity (Wildman–Crippen MR) is 98.4 cm³/mol. The van der Waals surface area contributed by atoms with E-state index >= 15 is 0 Å². The monoisotopic (exact) mass is 371 g/mol. The third kappa shape index (κ3) is 9.07. The number of carbonyl (C=O) groups excluding carboxylic acids is 2. The maximum absolute atomic E-state index is 12.0. The Bertz CT molecular complexity index is 480. The van der Waals surface area contributed by atoms with Crippen LogP contribution in [0.2, 0.25) is 0 Å². The highest BCUT2D eigenvalue weighted by atomic mass is 32.2. The average molecular weight is 371 g/mol. The Morgan fingerprint density at radius 1 is 1.32 bits per heavy atom. The molecule has 2 unspecified atom stereocenters. The van der Waals surface area contributed by atoms with Crippen LogP contribution in [0.3, 0.4) is 0 Å². The number of thioether (sulfide) groups is 1. The molecule has 0 saturated carbocycles. The Balaban J connectivity index is 2.34. The van der Waals surface area contributed by atoms with Gasteiger partial charge in [0.15, 0.2) is 0 Å². The van der Waals surface area contributed by atoms with Crippen LogP contribution in [-0.4, -0.2) is 56.5 Å². The first-order chi connectivity index (χ1) is 11.9. The van der Waals surface area contributed by atoms with Gasteiger partial charge in [0.1, 0.15) is 12.2 Å². The number of carboxylic acid groups (broad SMARTS) is 1. The molecule has 2 N–H and O–H groups in total. The maximum atomic E-state index is 12.0. The number of amides is 1. The molecule has 0 bridgehead atoms. The van der Waals surface area contributed by atoms with Gasteiger partial charge in [0.25, 0.3) is 0 Å². The number of hydrogen-bond acceptors (Lipinski definition) is 5. The van der Waals surface area contributed by atoms with E-state index in [-0.39, 0.29) is 29.6 Å². The summed E-state index contributed by atoms with van der Waals surface area (Å²) < 4.78 is 0. The minimum atomic E-state index is -1.11. The molecule has 2 atom stereocenters. The van der Waals surface area contributed by atoms with Crippen LogP contribution in [0.25, 0.3) is 0 Å². The lowest BCUT2D eigenvalue weighted by molar-refractivity contribution is -0.140. The normalized spacial score (nSPS) is 18.9. The van der Waals surface area contributed by atoms with Crippen LogP contribution in [-0.2, 0) is 14.4 Å². The standard InChI is InChI=1S/C18H29NO5S/c1-2-3-4-7-14(20)10-11-19-16(22)13-25-17(19)9-6-5-8-15(21)12-18(23)24/h5-6,14,17,20H,2-4,7-13H2,1H3,(H,23,24)/b6-5-. The third-order valence-corrected chi connectivity index (χ3v) is 5.35. The number of aliphatic hydroxyl groups excluding tert-OH is 1. The Hall–Kier alpha value is -1.34. The number of nitrogens with zero attached hydrogens (tertiary/aromatic N) is 1. The molecular weight excluding hydrogens is 342 g/mol. The number of rotatable bonds is 13. The van der Waals surface area contributed by atoms with Gasteiger partial charge in [-0.1, -0.05) is 38.3 Å². The van der Waals surface area contributed by atoms with Gasteiger partial charge in [0.2, 0.25) is 5.91 Å². The van der Waals surface area contributed by atoms with Gasteiger partial charge in [0, 0.05) is 13.0 Å². The lowest BCUT2D eigenvalue weighted by Gasteiger charge is -2.24. The van der Waals surface area contributed by atoms with E-state index in [2.05, 4.69) is 6.92 Å². The Morgan fingerprint density at radius 2 is 2.08 bits per heavy atom. The number of allylic oxidation sites excluding steroid dienone is 1. The average Bonchev–Trinajstić information content (AvgIpc) is 2.89. The van der Waals surface area contributed by atoms with Crippen LogP contribution in [0.1, 0.15) is 58.3 Å². The molecule has 1 fully saturated rings. The summed E-state index contributed by atoms with van der Waals surface area (Å²) in [6.45, 7) is 2.68. The van der Waals surface area contributed by atoms with Crippen molar-refractivity contribution in [3.8, 4) is 0 Å². The highest BCUT2D eigenvalue weighted by Gasteiger charge is 2.30. The summed E-state index contributed by atoms with van der Waals surface area (Å²) >= 11 is 1.57. The van der Waals surface area contributed by atoms with Crippen molar-refractivity contribution >= 4 is 29.4 Å².